The Hall–Kier alpha value is -0.760. The topological polar surface area (TPSA) is 15.3 Å². The minimum Gasteiger partial charge on any atom is -0.383 e. The van der Waals surface area contributed by atoms with Gasteiger partial charge < -0.3 is 10.2 Å². The summed E-state index contributed by atoms with van der Waals surface area (Å²) in [5.41, 5.74) is 1.20. The van der Waals surface area contributed by atoms with Crippen molar-refractivity contribution >= 4 is 0 Å². The third-order valence-electron chi connectivity index (χ3n) is 1.07. The molecule has 0 spiro atoms. The first-order valence-electron chi connectivity index (χ1n) is 3.35. The zero-order valence-electron chi connectivity index (χ0n) is 7.02. The van der Waals surface area contributed by atoms with Gasteiger partial charge in [0.1, 0.15) is 0 Å². The molecule has 0 amide bonds. The predicted octanol–water partition coefficient (Wildman–Crippen LogP) is 0.837. The second-order valence-corrected chi connectivity index (χ2v) is 2.40. The molecule has 0 heterocycles. The fraction of sp³-hybridized carbons (Fsp3) is 0.500. The summed E-state index contributed by atoms with van der Waals surface area (Å²) in [4.78, 5) is 2.01. The van der Waals surface area contributed by atoms with Gasteiger partial charge in [0.2, 0.25) is 0 Å². The van der Waals surface area contributed by atoms with Gasteiger partial charge in [-0.15, -0.1) is 0 Å². The molecule has 0 aliphatic heterocycles. The largest absolute Gasteiger partial charge is 0.383 e. The van der Waals surface area contributed by atoms with Crippen molar-refractivity contribution in [2.75, 3.05) is 27.7 Å². The van der Waals surface area contributed by atoms with Gasteiger partial charge in [0.05, 0.1) is 0 Å². The third kappa shape index (κ3) is 4.15. The predicted molar refractivity (Wildman–Crippen MR) is 45.9 cm³/mol. The van der Waals surface area contributed by atoms with Gasteiger partial charge in [0.15, 0.2) is 0 Å². The lowest BCUT2D eigenvalue weighted by Gasteiger charge is -2.07. The molecule has 0 saturated heterocycles. The van der Waals surface area contributed by atoms with E-state index >= 15 is 0 Å². The summed E-state index contributed by atoms with van der Waals surface area (Å²) in [5, 5.41) is 3.06. The summed E-state index contributed by atoms with van der Waals surface area (Å²) in [7, 11) is 5.92. The molecule has 0 aromatic carbocycles. The number of hydrogen-bond acceptors (Lipinski definition) is 2. The van der Waals surface area contributed by atoms with E-state index in [-0.39, 0.29) is 0 Å². The van der Waals surface area contributed by atoms with Crippen molar-refractivity contribution in [3.8, 4) is 0 Å². The molecule has 0 radical (unpaired) electrons. The van der Waals surface area contributed by atoms with E-state index in [9.17, 15) is 0 Å². The number of rotatable bonds is 4. The molecule has 2 heteroatoms. The SMILES string of the molecule is C=C/C(=C\N(C)C)CNC. The monoisotopic (exact) mass is 140 g/mol. The second kappa shape index (κ2) is 5.06. The Balaban J connectivity index is 3.90. The normalized spacial score (nSPS) is 11.3. The summed E-state index contributed by atoms with van der Waals surface area (Å²) in [6, 6.07) is 0. The molecular formula is C8H16N2. The third-order valence-corrected chi connectivity index (χ3v) is 1.07. The molecule has 0 aromatic rings. The van der Waals surface area contributed by atoms with E-state index in [1.54, 1.807) is 0 Å². The molecule has 0 unspecified atom stereocenters. The van der Waals surface area contributed by atoms with Gasteiger partial charge in [0.25, 0.3) is 0 Å². The van der Waals surface area contributed by atoms with E-state index in [1.807, 2.05) is 38.3 Å². The lowest BCUT2D eigenvalue weighted by atomic mass is 10.3. The summed E-state index contributed by atoms with van der Waals surface area (Å²) in [6.45, 7) is 4.57. The van der Waals surface area contributed by atoms with E-state index in [4.69, 9.17) is 0 Å². The fourth-order valence-electron chi connectivity index (χ4n) is 0.706. The maximum atomic E-state index is 3.70. The first kappa shape index (κ1) is 9.24. The van der Waals surface area contributed by atoms with Crippen LogP contribution in [0.1, 0.15) is 0 Å². The van der Waals surface area contributed by atoms with E-state index in [1.165, 1.54) is 5.57 Å². The minimum absolute atomic E-state index is 0.877. The minimum atomic E-state index is 0.877. The Morgan fingerprint density at radius 1 is 1.60 bits per heavy atom. The number of likely N-dealkylation sites (N-methyl/N-ethyl adjacent to an activating group) is 1. The van der Waals surface area contributed by atoms with Gasteiger partial charge in [-0.05, 0) is 12.6 Å². The molecular weight excluding hydrogens is 124 g/mol. The summed E-state index contributed by atoms with van der Waals surface area (Å²) < 4.78 is 0. The van der Waals surface area contributed by atoms with Gasteiger partial charge in [-0.1, -0.05) is 12.7 Å². The number of hydrogen-bond donors (Lipinski definition) is 1. The van der Waals surface area contributed by atoms with Crippen LogP contribution < -0.4 is 5.32 Å². The van der Waals surface area contributed by atoms with E-state index in [2.05, 4.69) is 11.9 Å². The standard InChI is InChI=1S/C8H16N2/c1-5-8(6-9-2)7-10(3)4/h5,7,9H,1,6H2,2-4H3/b8-7+. The molecule has 0 rings (SSSR count). The Labute approximate surface area is 63.2 Å². The van der Waals surface area contributed by atoms with Gasteiger partial charge in [0, 0.05) is 26.8 Å². The highest BCUT2D eigenvalue weighted by atomic mass is 15.0. The lowest BCUT2D eigenvalue weighted by molar-refractivity contribution is 0.557. The number of nitrogens with one attached hydrogen (secondary N) is 1. The molecule has 0 aliphatic rings. The van der Waals surface area contributed by atoms with Crippen molar-refractivity contribution in [1.29, 1.82) is 0 Å². The highest BCUT2D eigenvalue weighted by Gasteiger charge is 1.88. The molecule has 58 valence electrons. The van der Waals surface area contributed by atoms with Crippen LogP contribution in [0.3, 0.4) is 0 Å². The summed E-state index contributed by atoms with van der Waals surface area (Å²) in [5.74, 6) is 0. The molecule has 2 nitrogen and oxygen atoms in total. The highest BCUT2D eigenvalue weighted by molar-refractivity contribution is 5.16. The Morgan fingerprint density at radius 2 is 2.20 bits per heavy atom. The zero-order valence-corrected chi connectivity index (χ0v) is 7.02. The molecule has 10 heavy (non-hydrogen) atoms. The molecule has 0 saturated carbocycles. The van der Waals surface area contributed by atoms with Gasteiger partial charge in [-0.3, -0.25) is 0 Å². The van der Waals surface area contributed by atoms with Crippen molar-refractivity contribution in [2.45, 2.75) is 0 Å². The van der Waals surface area contributed by atoms with Crippen LogP contribution in [0.15, 0.2) is 24.4 Å². The van der Waals surface area contributed by atoms with Gasteiger partial charge in [-0.2, -0.15) is 0 Å². The molecule has 0 aliphatic carbocycles. The van der Waals surface area contributed by atoms with Crippen LogP contribution in [0.2, 0.25) is 0 Å². The van der Waals surface area contributed by atoms with Gasteiger partial charge >= 0.3 is 0 Å². The van der Waals surface area contributed by atoms with Gasteiger partial charge in [-0.25, -0.2) is 0 Å². The van der Waals surface area contributed by atoms with Crippen LogP contribution in [0.25, 0.3) is 0 Å². The van der Waals surface area contributed by atoms with Crippen molar-refractivity contribution in [2.24, 2.45) is 0 Å². The molecule has 0 aromatic heterocycles. The van der Waals surface area contributed by atoms with Crippen LogP contribution >= 0.6 is 0 Å². The smallest absolute Gasteiger partial charge is 0.0216 e. The quantitative estimate of drug-likeness (QED) is 0.582. The first-order chi connectivity index (χ1) is 4.70. The van der Waals surface area contributed by atoms with Crippen molar-refractivity contribution in [3.05, 3.63) is 24.4 Å². The van der Waals surface area contributed by atoms with Crippen LogP contribution in [0, 0.1) is 0 Å². The molecule has 0 bridgehead atoms. The van der Waals surface area contributed by atoms with E-state index < -0.39 is 0 Å². The molecule has 0 fully saturated rings. The van der Waals surface area contributed by atoms with Crippen LogP contribution in [-0.4, -0.2) is 32.6 Å². The van der Waals surface area contributed by atoms with Crippen molar-refractivity contribution in [1.82, 2.24) is 10.2 Å². The van der Waals surface area contributed by atoms with Crippen molar-refractivity contribution in [3.63, 3.8) is 0 Å². The average Bonchev–Trinajstić information content (AvgIpc) is 1.86. The number of nitrogens with zero attached hydrogens (tertiary/aromatic N) is 1. The molecule has 0 atom stereocenters. The fourth-order valence-corrected chi connectivity index (χ4v) is 0.706. The van der Waals surface area contributed by atoms with Crippen LogP contribution in [0.4, 0.5) is 0 Å². The second-order valence-electron chi connectivity index (χ2n) is 2.40. The van der Waals surface area contributed by atoms with Crippen molar-refractivity contribution < 1.29 is 0 Å². The lowest BCUT2D eigenvalue weighted by Crippen LogP contribution is -2.12. The maximum Gasteiger partial charge on any atom is 0.0216 e. The maximum absolute atomic E-state index is 3.70. The Bertz CT molecular complexity index is 125. The zero-order chi connectivity index (χ0) is 7.98. The first-order valence-corrected chi connectivity index (χ1v) is 3.35. The van der Waals surface area contributed by atoms with E-state index in [0.717, 1.165) is 6.54 Å². The van der Waals surface area contributed by atoms with Crippen LogP contribution in [-0.2, 0) is 0 Å². The van der Waals surface area contributed by atoms with Crippen LogP contribution in [0.5, 0.6) is 0 Å². The average molecular weight is 140 g/mol. The summed E-state index contributed by atoms with van der Waals surface area (Å²) in [6.07, 6.45) is 3.90. The molecule has 1 N–H and O–H groups in total. The highest BCUT2D eigenvalue weighted by Crippen LogP contribution is 1.93. The van der Waals surface area contributed by atoms with E-state index in [0.29, 0.717) is 0 Å². The Kier molecular flexibility index (Phi) is 4.67. The summed E-state index contributed by atoms with van der Waals surface area (Å²) >= 11 is 0. The Morgan fingerprint density at radius 3 is 2.50 bits per heavy atom.